The second-order valence-corrected chi connectivity index (χ2v) is 5.81. The zero-order valence-electron chi connectivity index (χ0n) is 9.36. The smallest absolute Gasteiger partial charge is 0.0516 e. The molecule has 0 aromatic carbocycles. The molecule has 2 atom stereocenters. The maximum Gasteiger partial charge on any atom is 0.0516 e. The Kier molecular flexibility index (Phi) is 5.54. The SMILES string of the molecule is CC(N)C1CCN(Cc2cc(Cl)cs2)C1.Cl. The van der Waals surface area contributed by atoms with Gasteiger partial charge in [0.05, 0.1) is 5.02 Å². The van der Waals surface area contributed by atoms with E-state index in [9.17, 15) is 0 Å². The van der Waals surface area contributed by atoms with Crippen LogP contribution in [0.5, 0.6) is 0 Å². The van der Waals surface area contributed by atoms with Gasteiger partial charge in [-0.2, -0.15) is 0 Å². The largest absolute Gasteiger partial charge is 0.328 e. The minimum absolute atomic E-state index is 0. The second-order valence-electron chi connectivity index (χ2n) is 4.37. The van der Waals surface area contributed by atoms with Gasteiger partial charge in [0.15, 0.2) is 0 Å². The van der Waals surface area contributed by atoms with Gasteiger partial charge in [-0.25, -0.2) is 0 Å². The van der Waals surface area contributed by atoms with Crippen molar-refractivity contribution in [2.45, 2.75) is 25.9 Å². The zero-order valence-corrected chi connectivity index (χ0v) is 11.7. The number of rotatable bonds is 3. The average molecular weight is 281 g/mol. The predicted molar refractivity (Wildman–Crippen MR) is 73.6 cm³/mol. The first-order valence-corrected chi connectivity index (χ1v) is 6.62. The zero-order chi connectivity index (χ0) is 10.8. The van der Waals surface area contributed by atoms with E-state index >= 15 is 0 Å². The third-order valence-corrected chi connectivity index (χ3v) is 4.32. The van der Waals surface area contributed by atoms with Gasteiger partial charge in [-0.1, -0.05) is 11.6 Å². The first kappa shape index (κ1) is 14.3. The average Bonchev–Trinajstić information content (AvgIpc) is 2.76. The summed E-state index contributed by atoms with van der Waals surface area (Å²) >= 11 is 7.64. The van der Waals surface area contributed by atoms with Crippen LogP contribution in [-0.4, -0.2) is 24.0 Å². The van der Waals surface area contributed by atoms with Crippen LogP contribution >= 0.6 is 35.3 Å². The fraction of sp³-hybridized carbons (Fsp3) is 0.636. The molecule has 1 aliphatic heterocycles. The first-order valence-electron chi connectivity index (χ1n) is 5.36. The number of likely N-dealkylation sites (tertiary alicyclic amines) is 1. The lowest BCUT2D eigenvalue weighted by Gasteiger charge is -2.16. The molecule has 1 fully saturated rings. The van der Waals surface area contributed by atoms with Crippen LogP contribution in [0.15, 0.2) is 11.4 Å². The number of nitrogens with two attached hydrogens (primary N) is 1. The monoisotopic (exact) mass is 280 g/mol. The minimum Gasteiger partial charge on any atom is -0.328 e. The van der Waals surface area contributed by atoms with Crippen molar-refractivity contribution in [1.29, 1.82) is 0 Å². The Balaban J connectivity index is 0.00000128. The van der Waals surface area contributed by atoms with E-state index in [1.54, 1.807) is 11.3 Å². The molecule has 1 aromatic heterocycles. The molecule has 2 unspecified atom stereocenters. The van der Waals surface area contributed by atoms with Gasteiger partial charge in [-0.3, -0.25) is 4.90 Å². The van der Waals surface area contributed by atoms with E-state index in [1.807, 2.05) is 5.38 Å². The highest BCUT2D eigenvalue weighted by Gasteiger charge is 2.25. The summed E-state index contributed by atoms with van der Waals surface area (Å²) in [4.78, 5) is 3.82. The van der Waals surface area contributed by atoms with Crippen LogP contribution in [0.25, 0.3) is 0 Å². The summed E-state index contributed by atoms with van der Waals surface area (Å²) < 4.78 is 0. The Morgan fingerprint density at radius 2 is 2.44 bits per heavy atom. The lowest BCUT2D eigenvalue weighted by Crippen LogP contribution is -2.29. The van der Waals surface area contributed by atoms with Gasteiger partial charge >= 0.3 is 0 Å². The Bertz CT molecular complexity index is 328. The maximum absolute atomic E-state index is 5.91. The Morgan fingerprint density at radius 3 is 2.94 bits per heavy atom. The van der Waals surface area contributed by atoms with Gasteiger partial charge in [0.2, 0.25) is 0 Å². The fourth-order valence-electron chi connectivity index (χ4n) is 2.09. The number of hydrogen-bond donors (Lipinski definition) is 1. The summed E-state index contributed by atoms with van der Waals surface area (Å²) in [6, 6.07) is 2.38. The van der Waals surface area contributed by atoms with Crippen LogP contribution < -0.4 is 5.73 Å². The molecule has 92 valence electrons. The van der Waals surface area contributed by atoms with Crippen molar-refractivity contribution in [3.63, 3.8) is 0 Å². The molecule has 2 heterocycles. The van der Waals surface area contributed by atoms with Crippen molar-refractivity contribution in [3.8, 4) is 0 Å². The number of halogens is 2. The van der Waals surface area contributed by atoms with E-state index < -0.39 is 0 Å². The Labute approximate surface area is 112 Å². The molecule has 0 bridgehead atoms. The van der Waals surface area contributed by atoms with Gasteiger partial charge in [-0.15, -0.1) is 23.7 Å². The molecule has 0 saturated carbocycles. The van der Waals surface area contributed by atoms with Crippen molar-refractivity contribution in [3.05, 3.63) is 21.3 Å². The highest BCUT2D eigenvalue weighted by molar-refractivity contribution is 7.10. The van der Waals surface area contributed by atoms with E-state index in [0.29, 0.717) is 12.0 Å². The summed E-state index contributed by atoms with van der Waals surface area (Å²) in [7, 11) is 0. The molecule has 0 amide bonds. The number of nitrogens with zero attached hydrogens (tertiary/aromatic N) is 1. The molecule has 0 radical (unpaired) electrons. The summed E-state index contributed by atoms with van der Waals surface area (Å²) in [5.74, 6) is 0.667. The van der Waals surface area contributed by atoms with Crippen molar-refractivity contribution in [2.75, 3.05) is 13.1 Å². The molecular formula is C11H18Cl2N2S. The molecule has 1 saturated heterocycles. The second kappa shape index (κ2) is 6.22. The first-order chi connectivity index (χ1) is 7.15. The lowest BCUT2D eigenvalue weighted by atomic mass is 10.0. The predicted octanol–water partition coefficient (Wildman–Crippen LogP) is 2.99. The number of hydrogen-bond acceptors (Lipinski definition) is 3. The molecule has 16 heavy (non-hydrogen) atoms. The highest BCUT2D eigenvalue weighted by atomic mass is 35.5. The van der Waals surface area contributed by atoms with Crippen LogP contribution in [0.2, 0.25) is 5.02 Å². The molecule has 1 aromatic rings. The van der Waals surface area contributed by atoms with Gasteiger partial charge < -0.3 is 5.73 Å². The van der Waals surface area contributed by atoms with E-state index in [2.05, 4.69) is 17.9 Å². The summed E-state index contributed by atoms with van der Waals surface area (Å²) in [5.41, 5.74) is 5.91. The quantitative estimate of drug-likeness (QED) is 0.923. The van der Waals surface area contributed by atoms with Crippen molar-refractivity contribution >= 4 is 35.3 Å². The molecule has 1 aliphatic rings. The van der Waals surface area contributed by atoms with Gasteiger partial charge in [0.25, 0.3) is 0 Å². The normalized spacial score (nSPS) is 23.1. The Hall–Kier alpha value is 0.200. The van der Waals surface area contributed by atoms with E-state index in [-0.39, 0.29) is 12.4 Å². The van der Waals surface area contributed by atoms with Crippen molar-refractivity contribution < 1.29 is 0 Å². The van der Waals surface area contributed by atoms with Crippen LogP contribution in [0, 0.1) is 5.92 Å². The maximum atomic E-state index is 5.91. The van der Waals surface area contributed by atoms with E-state index in [1.165, 1.54) is 17.8 Å². The summed E-state index contributed by atoms with van der Waals surface area (Å²) in [6.45, 7) is 5.44. The molecular weight excluding hydrogens is 263 g/mol. The Morgan fingerprint density at radius 1 is 1.69 bits per heavy atom. The van der Waals surface area contributed by atoms with Crippen LogP contribution in [0.4, 0.5) is 0 Å². The topological polar surface area (TPSA) is 29.3 Å². The summed E-state index contributed by atoms with van der Waals surface area (Å²) in [5, 5.41) is 2.86. The van der Waals surface area contributed by atoms with Crippen LogP contribution in [-0.2, 0) is 6.54 Å². The van der Waals surface area contributed by atoms with Crippen LogP contribution in [0.1, 0.15) is 18.2 Å². The van der Waals surface area contributed by atoms with Crippen molar-refractivity contribution in [1.82, 2.24) is 4.90 Å². The summed E-state index contributed by atoms with van der Waals surface area (Å²) in [6.07, 6.45) is 1.23. The molecule has 2 nitrogen and oxygen atoms in total. The van der Waals surface area contributed by atoms with Crippen LogP contribution in [0.3, 0.4) is 0 Å². The molecule has 2 N–H and O–H groups in total. The molecule has 2 rings (SSSR count). The van der Waals surface area contributed by atoms with Gasteiger partial charge in [-0.05, 0) is 31.9 Å². The molecule has 5 heteroatoms. The van der Waals surface area contributed by atoms with E-state index in [4.69, 9.17) is 17.3 Å². The highest BCUT2D eigenvalue weighted by Crippen LogP contribution is 2.24. The third-order valence-electron chi connectivity index (χ3n) is 3.05. The van der Waals surface area contributed by atoms with Crippen molar-refractivity contribution in [2.24, 2.45) is 11.7 Å². The number of thiophene rings is 1. The molecule has 0 aliphatic carbocycles. The minimum atomic E-state index is 0. The lowest BCUT2D eigenvalue weighted by molar-refractivity contribution is 0.311. The fourth-order valence-corrected chi connectivity index (χ4v) is 3.21. The third kappa shape index (κ3) is 3.60. The standard InChI is InChI=1S/C11H17ClN2S.ClH/c1-8(13)9-2-3-14(5-9)6-11-4-10(12)7-15-11;/h4,7-9H,2-3,5-6,13H2,1H3;1H. The van der Waals surface area contributed by atoms with E-state index in [0.717, 1.165) is 18.1 Å². The van der Waals surface area contributed by atoms with Gasteiger partial charge in [0.1, 0.15) is 0 Å². The molecule has 0 spiro atoms. The van der Waals surface area contributed by atoms with Gasteiger partial charge in [0, 0.05) is 29.4 Å².